The van der Waals surface area contributed by atoms with Crippen LogP contribution in [0.3, 0.4) is 0 Å². The van der Waals surface area contributed by atoms with E-state index in [9.17, 15) is 0 Å². The van der Waals surface area contributed by atoms with Crippen LogP contribution >= 0.6 is 50.5 Å². The van der Waals surface area contributed by atoms with Gasteiger partial charge >= 0.3 is 0 Å². The van der Waals surface area contributed by atoms with E-state index in [2.05, 4.69) is 47.2 Å². The van der Waals surface area contributed by atoms with Crippen molar-refractivity contribution in [1.29, 1.82) is 0 Å². The molecule has 0 fully saturated rings. The Bertz CT molecular complexity index is 610. The number of halogens is 3. The third-order valence-corrected chi connectivity index (χ3v) is 5.51. The first kappa shape index (κ1) is 15.3. The summed E-state index contributed by atoms with van der Waals surface area (Å²) in [4.78, 5) is 0. The molecule has 0 radical (unpaired) electrons. The number of benzene rings is 1. The van der Waals surface area contributed by atoms with Gasteiger partial charge in [0.1, 0.15) is 0 Å². The number of rotatable bonds is 3. The minimum absolute atomic E-state index is 0.0584. The summed E-state index contributed by atoms with van der Waals surface area (Å²) in [6, 6.07) is 6.31. The first-order valence-corrected chi connectivity index (χ1v) is 8.19. The van der Waals surface area contributed by atoms with Crippen LogP contribution < -0.4 is 5.32 Å². The largest absolute Gasteiger partial charge is 0.309 e. The van der Waals surface area contributed by atoms with Crippen molar-refractivity contribution in [3.05, 3.63) is 53.6 Å². The van der Waals surface area contributed by atoms with E-state index in [1.54, 1.807) is 0 Å². The molecule has 2 rings (SSSR count). The molecule has 0 saturated heterocycles. The van der Waals surface area contributed by atoms with E-state index >= 15 is 0 Å². The molecule has 5 heteroatoms. The van der Waals surface area contributed by atoms with Gasteiger partial charge in [-0.2, -0.15) is 0 Å². The maximum absolute atomic E-state index is 6.28. The Balaban J connectivity index is 2.54. The lowest BCUT2D eigenvalue weighted by atomic mass is 9.95. The third kappa shape index (κ3) is 3.17. The SMILES string of the molecule is CNC(c1cc(C)c(Br)cc1C)c1cc(Cl)sc1Cl. The van der Waals surface area contributed by atoms with Gasteiger partial charge in [0.15, 0.2) is 0 Å². The Kier molecular flexibility index (Phi) is 4.96. The summed E-state index contributed by atoms with van der Waals surface area (Å²) in [5.74, 6) is 0. The zero-order valence-corrected chi connectivity index (χ0v) is 14.8. The van der Waals surface area contributed by atoms with Gasteiger partial charge in [0.05, 0.1) is 14.7 Å². The highest BCUT2D eigenvalue weighted by Gasteiger charge is 2.20. The van der Waals surface area contributed by atoms with Crippen molar-refractivity contribution < 1.29 is 0 Å². The molecule has 2 aromatic rings. The van der Waals surface area contributed by atoms with Gasteiger partial charge in [-0.25, -0.2) is 0 Å². The molecular weight excluding hydrogens is 365 g/mol. The summed E-state index contributed by atoms with van der Waals surface area (Å²) in [5.41, 5.74) is 4.68. The van der Waals surface area contributed by atoms with Gasteiger partial charge in [0, 0.05) is 10.0 Å². The van der Waals surface area contributed by atoms with Crippen LogP contribution in [-0.4, -0.2) is 7.05 Å². The second-order valence-corrected chi connectivity index (χ2v) is 7.60. The van der Waals surface area contributed by atoms with Crippen molar-refractivity contribution in [2.24, 2.45) is 0 Å². The van der Waals surface area contributed by atoms with Crippen molar-refractivity contribution in [2.75, 3.05) is 7.05 Å². The lowest BCUT2D eigenvalue weighted by Crippen LogP contribution is -2.18. The van der Waals surface area contributed by atoms with Gasteiger partial charge in [-0.05, 0) is 49.7 Å². The van der Waals surface area contributed by atoms with Crippen LogP contribution in [-0.2, 0) is 0 Å². The minimum Gasteiger partial charge on any atom is -0.309 e. The van der Waals surface area contributed by atoms with Crippen LogP contribution in [0.15, 0.2) is 22.7 Å². The fraction of sp³-hybridized carbons (Fsp3) is 0.286. The van der Waals surface area contributed by atoms with E-state index in [1.807, 2.05) is 13.1 Å². The van der Waals surface area contributed by atoms with Crippen LogP contribution in [0.1, 0.15) is 28.3 Å². The molecule has 0 aliphatic carbocycles. The molecule has 1 unspecified atom stereocenters. The predicted molar refractivity (Wildman–Crippen MR) is 88.9 cm³/mol. The standard InChI is InChI=1S/C14H14BrCl2NS/c1-7-5-11(15)8(2)4-9(7)13(18-3)10-6-12(16)19-14(10)17/h4-6,13,18H,1-3H3. The lowest BCUT2D eigenvalue weighted by Gasteiger charge is -2.20. The molecule has 1 aromatic heterocycles. The zero-order chi connectivity index (χ0) is 14.2. The molecule has 0 aliphatic rings. The molecule has 1 heterocycles. The van der Waals surface area contributed by atoms with Gasteiger partial charge in [0.25, 0.3) is 0 Å². The topological polar surface area (TPSA) is 12.0 Å². The van der Waals surface area contributed by atoms with E-state index in [-0.39, 0.29) is 6.04 Å². The Morgan fingerprint density at radius 2 is 1.79 bits per heavy atom. The summed E-state index contributed by atoms with van der Waals surface area (Å²) in [6.07, 6.45) is 0. The molecule has 19 heavy (non-hydrogen) atoms. The van der Waals surface area contributed by atoms with Gasteiger partial charge in [-0.1, -0.05) is 45.2 Å². The van der Waals surface area contributed by atoms with Crippen molar-refractivity contribution in [3.63, 3.8) is 0 Å². The molecule has 0 amide bonds. The van der Waals surface area contributed by atoms with Crippen molar-refractivity contribution >= 4 is 50.5 Å². The molecule has 1 atom stereocenters. The van der Waals surface area contributed by atoms with Crippen molar-refractivity contribution in [2.45, 2.75) is 19.9 Å². The average Bonchev–Trinajstić information content (AvgIpc) is 2.66. The predicted octanol–water partition coefficient (Wildman–Crippen LogP) is 5.74. The van der Waals surface area contributed by atoms with Gasteiger partial charge in [-0.15, -0.1) is 11.3 Å². The molecule has 1 N–H and O–H groups in total. The Hall–Kier alpha value is -0.0600. The van der Waals surface area contributed by atoms with E-state index in [4.69, 9.17) is 23.2 Å². The van der Waals surface area contributed by atoms with Crippen LogP contribution in [0.2, 0.25) is 8.67 Å². The monoisotopic (exact) mass is 377 g/mol. The molecule has 1 aromatic carbocycles. The number of hydrogen-bond acceptors (Lipinski definition) is 2. The highest BCUT2D eigenvalue weighted by molar-refractivity contribution is 9.10. The molecule has 1 nitrogen and oxygen atoms in total. The summed E-state index contributed by atoms with van der Waals surface area (Å²) in [5, 5.41) is 3.32. The maximum Gasteiger partial charge on any atom is 0.0995 e. The number of hydrogen-bond donors (Lipinski definition) is 1. The minimum atomic E-state index is 0.0584. The van der Waals surface area contributed by atoms with E-state index in [1.165, 1.54) is 28.0 Å². The average molecular weight is 379 g/mol. The normalized spacial score (nSPS) is 12.7. The zero-order valence-electron chi connectivity index (χ0n) is 10.9. The fourth-order valence-corrected chi connectivity index (χ4v) is 4.13. The molecular formula is C14H14BrCl2NS. The molecule has 0 aliphatic heterocycles. The smallest absolute Gasteiger partial charge is 0.0995 e. The van der Waals surface area contributed by atoms with Gasteiger partial charge < -0.3 is 5.32 Å². The van der Waals surface area contributed by atoms with E-state index in [0.717, 1.165) is 14.4 Å². The van der Waals surface area contributed by atoms with Crippen LogP contribution in [0, 0.1) is 13.8 Å². The summed E-state index contributed by atoms with van der Waals surface area (Å²) < 4.78 is 2.58. The number of aryl methyl sites for hydroxylation is 2. The molecule has 0 spiro atoms. The Labute approximate surface area is 136 Å². The number of thiophene rings is 1. The quantitative estimate of drug-likeness (QED) is 0.717. The first-order valence-electron chi connectivity index (χ1n) is 5.82. The molecule has 0 saturated carbocycles. The summed E-state index contributed by atoms with van der Waals surface area (Å²) in [6.45, 7) is 4.19. The molecule has 102 valence electrons. The second-order valence-electron chi connectivity index (χ2n) is 4.46. The van der Waals surface area contributed by atoms with Crippen molar-refractivity contribution in [1.82, 2.24) is 5.32 Å². The highest BCUT2D eigenvalue weighted by Crippen LogP contribution is 2.38. The second kappa shape index (κ2) is 6.15. The van der Waals surface area contributed by atoms with Crippen LogP contribution in [0.25, 0.3) is 0 Å². The molecule has 0 bridgehead atoms. The summed E-state index contributed by atoms with van der Waals surface area (Å²) >= 11 is 17.3. The van der Waals surface area contributed by atoms with Gasteiger partial charge in [-0.3, -0.25) is 0 Å². The fourth-order valence-electron chi connectivity index (χ4n) is 2.14. The van der Waals surface area contributed by atoms with E-state index < -0.39 is 0 Å². The Morgan fingerprint density at radius 1 is 1.11 bits per heavy atom. The Morgan fingerprint density at radius 3 is 2.32 bits per heavy atom. The maximum atomic E-state index is 6.28. The third-order valence-electron chi connectivity index (χ3n) is 3.14. The highest BCUT2D eigenvalue weighted by atomic mass is 79.9. The van der Waals surface area contributed by atoms with Crippen LogP contribution in [0.4, 0.5) is 0 Å². The van der Waals surface area contributed by atoms with Gasteiger partial charge in [0.2, 0.25) is 0 Å². The van der Waals surface area contributed by atoms with E-state index in [0.29, 0.717) is 4.34 Å². The van der Waals surface area contributed by atoms with Crippen LogP contribution in [0.5, 0.6) is 0 Å². The summed E-state index contributed by atoms with van der Waals surface area (Å²) in [7, 11) is 1.93. The lowest BCUT2D eigenvalue weighted by molar-refractivity contribution is 0.689. The first-order chi connectivity index (χ1) is 8.93. The van der Waals surface area contributed by atoms with Crippen molar-refractivity contribution in [3.8, 4) is 0 Å². The number of nitrogens with one attached hydrogen (secondary N) is 1.